The zero-order chi connectivity index (χ0) is 14.1. The lowest BCUT2D eigenvalue weighted by atomic mass is 10.1. The van der Waals surface area contributed by atoms with Gasteiger partial charge in [-0.05, 0) is 39.8 Å². The zero-order valence-corrected chi connectivity index (χ0v) is 12.0. The molecule has 1 fully saturated rings. The molecule has 3 N–H and O–H groups in total. The molecule has 0 aromatic carbocycles. The first kappa shape index (κ1) is 15.9. The van der Waals surface area contributed by atoms with E-state index in [2.05, 4.69) is 20.9 Å². The van der Waals surface area contributed by atoms with Crippen LogP contribution < -0.4 is 16.0 Å². The summed E-state index contributed by atoms with van der Waals surface area (Å²) >= 11 is 0. The highest BCUT2D eigenvalue weighted by Gasteiger charge is 2.15. The fourth-order valence-corrected chi connectivity index (χ4v) is 2.14. The van der Waals surface area contributed by atoms with Gasteiger partial charge in [0.15, 0.2) is 0 Å². The number of imide groups is 1. The number of amides is 3. The minimum atomic E-state index is -0.433. The van der Waals surface area contributed by atoms with E-state index in [-0.39, 0.29) is 11.9 Å². The number of rotatable bonds is 6. The number of carbonyl (C=O) groups is 2. The van der Waals surface area contributed by atoms with Crippen molar-refractivity contribution < 1.29 is 9.59 Å². The van der Waals surface area contributed by atoms with Gasteiger partial charge in [0.05, 0.1) is 6.04 Å². The number of nitrogens with zero attached hydrogens (tertiary/aromatic N) is 1. The number of hydrogen-bond acceptors (Lipinski definition) is 4. The van der Waals surface area contributed by atoms with Gasteiger partial charge in [-0.1, -0.05) is 6.42 Å². The second kappa shape index (κ2) is 8.87. The SMILES string of the molecule is CCNC(=O)NC(=O)C(C)NCCN1CCCCC1. The number of piperidine rings is 1. The summed E-state index contributed by atoms with van der Waals surface area (Å²) in [4.78, 5) is 25.3. The van der Waals surface area contributed by atoms with Gasteiger partial charge >= 0.3 is 6.03 Å². The molecule has 1 atom stereocenters. The molecular weight excluding hydrogens is 244 g/mol. The van der Waals surface area contributed by atoms with Gasteiger partial charge in [0, 0.05) is 19.6 Å². The number of carbonyl (C=O) groups excluding carboxylic acids is 2. The normalized spacial score (nSPS) is 17.8. The van der Waals surface area contributed by atoms with Gasteiger partial charge in [-0.15, -0.1) is 0 Å². The van der Waals surface area contributed by atoms with Crippen LogP contribution in [0.15, 0.2) is 0 Å². The number of urea groups is 1. The molecule has 0 aromatic heterocycles. The Hall–Kier alpha value is -1.14. The third-order valence-electron chi connectivity index (χ3n) is 3.29. The summed E-state index contributed by atoms with van der Waals surface area (Å²) < 4.78 is 0. The first-order chi connectivity index (χ1) is 9.13. The zero-order valence-electron chi connectivity index (χ0n) is 12.0. The molecule has 3 amide bonds. The van der Waals surface area contributed by atoms with Crippen molar-refractivity contribution in [2.75, 3.05) is 32.7 Å². The van der Waals surface area contributed by atoms with Crippen LogP contribution in [0.5, 0.6) is 0 Å². The maximum atomic E-state index is 11.7. The van der Waals surface area contributed by atoms with Crippen molar-refractivity contribution >= 4 is 11.9 Å². The summed E-state index contributed by atoms with van der Waals surface area (Å²) in [6.07, 6.45) is 3.87. The van der Waals surface area contributed by atoms with E-state index in [4.69, 9.17) is 0 Å². The van der Waals surface area contributed by atoms with E-state index >= 15 is 0 Å². The summed E-state index contributed by atoms with van der Waals surface area (Å²) in [5, 5.41) is 7.98. The van der Waals surface area contributed by atoms with Gasteiger partial charge in [-0.2, -0.15) is 0 Å². The van der Waals surface area contributed by atoms with Gasteiger partial charge in [-0.3, -0.25) is 10.1 Å². The second-order valence-corrected chi connectivity index (χ2v) is 4.93. The predicted octanol–water partition coefficient (Wildman–Crippen LogP) is 0.296. The monoisotopic (exact) mass is 270 g/mol. The molecule has 1 rings (SSSR count). The Balaban J connectivity index is 2.13. The smallest absolute Gasteiger partial charge is 0.321 e. The number of nitrogens with one attached hydrogen (secondary N) is 3. The predicted molar refractivity (Wildman–Crippen MR) is 75.0 cm³/mol. The van der Waals surface area contributed by atoms with Gasteiger partial charge in [0.1, 0.15) is 0 Å². The maximum absolute atomic E-state index is 11.7. The molecule has 6 nitrogen and oxygen atoms in total. The molecule has 0 aromatic rings. The van der Waals surface area contributed by atoms with Crippen molar-refractivity contribution in [1.82, 2.24) is 20.9 Å². The molecule has 1 heterocycles. The van der Waals surface area contributed by atoms with Crippen molar-refractivity contribution in [3.63, 3.8) is 0 Å². The lowest BCUT2D eigenvalue weighted by Crippen LogP contribution is -2.49. The summed E-state index contributed by atoms with van der Waals surface area (Å²) in [5.74, 6) is -0.287. The van der Waals surface area contributed by atoms with Crippen molar-refractivity contribution in [2.24, 2.45) is 0 Å². The quantitative estimate of drug-likeness (QED) is 0.649. The van der Waals surface area contributed by atoms with Crippen LogP contribution >= 0.6 is 0 Å². The van der Waals surface area contributed by atoms with E-state index in [9.17, 15) is 9.59 Å². The van der Waals surface area contributed by atoms with Gasteiger partial charge in [0.25, 0.3) is 0 Å². The third kappa shape index (κ3) is 6.54. The number of hydrogen-bond donors (Lipinski definition) is 3. The molecule has 0 aliphatic carbocycles. The van der Waals surface area contributed by atoms with E-state index in [1.54, 1.807) is 6.92 Å². The van der Waals surface area contributed by atoms with Crippen molar-refractivity contribution in [3.8, 4) is 0 Å². The van der Waals surface area contributed by atoms with Gasteiger partial charge < -0.3 is 15.5 Å². The molecule has 1 unspecified atom stereocenters. The van der Waals surface area contributed by atoms with Crippen LogP contribution in [0.2, 0.25) is 0 Å². The average molecular weight is 270 g/mol. The van der Waals surface area contributed by atoms with E-state index in [1.165, 1.54) is 19.3 Å². The van der Waals surface area contributed by atoms with E-state index < -0.39 is 6.03 Å². The minimum Gasteiger partial charge on any atom is -0.338 e. The van der Waals surface area contributed by atoms with Gasteiger partial charge in [-0.25, -0.2) is 4.79 Å². The first-order valence-electron chi connectivity index (χ1n) is 7.18. The summed E-state index contributed by atoms with van der Waals surface area (Å²) in [5.41, 5.74) is 0. The highest BCUT2D eigenvalue weighted by atomic mass is 16.2. The lowest BCUT2D eigenvalue weighted by Gasteiger charge is -2.26. The molecule has 0 spiro atoms. The molecule has 1 aliphatic heterocycles. The van der Waals surface area contributed by atoms with Gasteiger partial charge in [0.2, 0.25) is 5.91 Å². The summed E-state index contributed by atoms with van der Waals surface area (Å²) in [6.45, 7) is 8.12. The molecule has 110 valence electrons. The van der Waals surface area contributed by atoms with Crippen LogP contribution in [0, 0.1) is 0 Å². The summed E-state index contributed by atoms with van der Waals surface area (Å²) in [7, 11) is 0. The molecule has 0 saturated carbocycles. The fourth-order valence-electron chi connectivity index (χ4n) is 2.14. The standard InChI is InChI=1S/C13H26N4O2/c1-3-14-13(19)16-12(18)11(2)15-7-10-17-8-5-4-6-9-17/h11,15H,3-10H2,1-2H3,(H2,14,16,18,19). The van der Waals surface area contributed by atoms with E-state index in [1.807, 2.05) is 6.92 Å². The minimum absolute atomic E-state index is 0.287. The fraction of sp³-hybridized carbons (Fsp3) is 0.846. The number of likely N-dealkylation sites (tertiary alicyclic amines) is 1. The molecule has 1 saturated heterocycles. The maximum Gasteiger partial charge on any atom is 0.321 e. The van der Waals surface area contributed by atoms with Crippen LogP contribution in [0.3, 0.4) is 0 Å². The van der Waals surface area contributed by atoms with Crippen LogP contribution in [-0.4, -0.2) is 55.6 Å². The summed E-state index contributed by atoms with van der Waals surface area (Å²) in [6, 6.07) is -0.787. The Morgan fingerprint density at radius 2 is 1.89 bits per heavy atom. The van der Waals surface area contributed by atoms with Crippen LogP contribution in [0.4, 0.5) is 4.79 Å². The van der Waals surface area contributed by atoms with Crippen molar-refractivity contribution in [1.29, 1.82) is 0 Å². The van der Waals surface area contributed by atoms with E-state index in [0.717, 1.165) is 26.2 Å². The average Bonchev–Trinajstić information content (AvgIpc) is 2.40. The topological polar surface area (TPSA) is 73.5 Å². The molecular formula is C13H26N4O2. The molecule has 1 aliphatic rings. The Labute approximate surface area is 115 Å². The molecule has 0 radical (unpaired) electrons. The van der Waals surface area contributed by atoms with E-state index in [0.29, 0.717) is 6.54 Å². The Morgan fingerprint density at radius 3 is 2.53 bits per heavy atom. The highest BCUT2D eigenvalue weighted by Crippen LogP contribution is 2.07. The Kier molecular flexibility index (Phi) is 7.43. The molecule has 19 heavy (non-hydrogen) atoms. The van der Waals surface area contributed by atoms with Crippen molar-refractivity contribution in [3.05, 3.63) is 0 Å². The molecule has 0 bridgehead atoms. The van der Waals surface area contributed by atoms with Crippen molar-refractivity contribution in [2.45, 2.75) is 39.2 Å². The Bertz CT molecular complexity index is 290. The molecule has 6 heteroatoms. The lowest BCUT2D eigenvalue weighted by molar-refractivity contribution is -0.121. The Morgan fingerprint density at radius 1 is 1.21 bits per heavy atom. The first-order valence-corrected chi connectivity index (χ1v) is 7.18. The van der Waals surface area contributed by atoms with Crippen LogP contribution in [-0.2, 0) is 4.79 Å². The second-order valence-electron chi connectivity index (χ2n) is 4.93. The van der Waals surface area contributed by atoms with Crippen LogP contribution in [0.1, 0.15) is 33.1 Å². The highest BCUT2D eigenvalue weighted by molar-refractivity contribution is 5.96. The largest absolute Gasteiger partial charge is 0.338 e. The van der Waals surface area contributed by atoms with Crippen LogP contribution in [0.25, 0.3) is 0 Å². The third-order valence-corrected chi connectivity index (χ3v) is 3.29.